The summed E-state index contributed by atoms with van der Waals surface area (Å²) < 4.78 is 0. The van der Waals surface area contributed by atoms with Crippen molar-refractivity contribution in [3.8, 4) is 0 Å². The molecule has 0 unspecified atom stereocenters. The molecule has 3 heteroatoms. The number of aryl methyl sites for hydroxylation is 1. The third-order valence-electron chi connectivity index (χ3n) is 4.34. The van der Waals surface area contributed by atoms with Crippen molar-refractivity contribution in [3.63, 3.8) is 0 Å². The second-order valence-corrected chi connectivity index (χ2v) is 5.78. The fourth-order valence-electron chi connectivity index (χ4n) is 2.67. The summed E-state index contributed by atoms with van der Waals surface area (Å²) in [5, 5.41) is 13.3. The van der Waals surface area contributed by atoms with Gasteiger partial charge in [-0.1, -0.05) is 6.92 Å². The second kappa shape index (κ2) is 5.81. The number of aliphatic hydroxyl groups is 1. The minimum absolute atomic E-state index is 0.0746. The fraction of sp³-hybridized carbons (Fsp3) is 0.667. The highest BCUT2D eigenvalue weighted by Crippen LogP contribution is 2.31. The van der Waals surface area contributed by atoms with Crippen molar-refractivity contribution in [1.29, 1.82) is 0 Å². The standard InChI is InChI=1S/C15H24N2O/c1-12-3-6-15(11-18,7-4-12)17-10-14-9-16-8-5-13(14)2/h5,8-9,12,17-18H,3-4,6-7,10-11H2,1-2H3. The van der Waals surface area contributed by atoms with Crippen molar-refractivity contribution in [2.75, 3.05) is 6.61 Å². The van der Waals surface area contributed by atoms with Crippen LogP contribution < -0.4 is 5.32 Å². The molecule has 100 valence electrons. The normalized spacial score (nSPS) is 28.3. The van der Waals surface area contributed by atoms with Crippen LogP contribution in [-0.2, 0) is 6.54 Å². The van der Waals surface area contributed by atoms with Gasteiger partial charge in [0.1, 0.15) is 0 Å². The number of hydrogen-bond donors (Lipinski definition) is 2. The molecule has 1 aromatic rings. The largest absolute Gasteiger partial charge is 0.394 e. The van der Waals surface area contributed by atoms with Gasteiger partial charge in [-0.3, -0.25) is 4.98 Å². The zero-order valence-electron chi connectivity index (χ0n) is 11.4. The first-order chi connectivity index (χ1) is 8.65. The Morgan fingerprint density at radius 3 is 2.78 bits per heavy atom. The number of hydrogen-bond acceptors (Lipinski definition) is 3. The Balaban J connectivity index is 1.97. The third kappa shape index (κ3) is 3.09. The molecule has 1 heterocycles. The summed E-state index contributed by atoms with van der Waals surface area (Å²) >= 11 is 0. The van der Waals surface area contributed by atoms with Gasteiger partial charge in [-0.05, 0) is 55.7 Å². The van der Waals surface area contributed by atoms with Gasteiger partial charge in [0.15, 0.2) is 0 Å². The minimum Gasteiger partial charge on any atom is -0.394 e. The zero-order valence-corrected chi connectivity index (χ0v) is 11.4. The summed E-state index contributed by atoms with van der Waals surface area (Å²) in [4.78, 5) is 4.17. The molecule has 0 aliphatic heterocycles. The lowest BCUT2D eigenvalue weighted by molar-refractivity contribution is 0.104. The number of rotatable bonds is 4. The Labute approximate surface area is 110 Å². The zero-order chi connectivity index (χ0) is 13.0. The Bertz CT molecular complexity index is 384. The molecule has 0 radical (unpaired) electrons. The molecule has 0 atom stereocenters. The highest BCUT2D eigenvalue weighted by atomic mass is 16.3. The second-order valence-electron chi connectivity index (χ2n) is 5.78. The summed E-state index contributed by atoms with van der Waals surface area (Å²) in [5.74, 6) is 0.798. The van der Waals surface area contributed by atoms with Gasteiger partial charge in [-0.15, -0.1) is 0 Å². The Morgan fingerprint density at radius 1 is 1.44 bits per heavy atom. The van der Waals surface area contributed by atoms with E-state index in [2.05, 4.69) is 24.1 Å². The van der Waals surface area contributed by atoms with Crippen LogP contribution in [0.4, 0.5) is 0 Å². The summed E-state index contributed by atoms with van der Waals surface area (Å²) in [6.45, 7) is 5.44. The molecular formula is C15H24N2O. The van der Waals surface area contributed by atoms with E-state index in [9.17, 15) is 5.11 Å². The molecule has 0 saturated heterocycles. The van der Waals surface area contributed by atoms with E-state index in [-0.39, 0.29) is 12.1 Å². The molecule has 1 saturated carbocycles. The van der Waals surface area contributed by atoms with Crippen molar-refractivity contribution in [2.24, 2.45) is 5.92 Å². The Kier molecular flexibility index (Phi) is 4.36. The molecule has 0 amide bonds. The van der Waals surface area contributed by atoms with Crippen LogP contribution in [0.15, 0.2) is 18.5 Å². The van der Waals surface area contributed by atoms with Gasteiger partial charge in [0.05, 0.1) is 6.61 Å². The van der Waals surface area contributed by atoms with Crippen molar-refractivity contribution in [2.45, 2.75) is 51.6 Å². The van der Waals surface area contributed by atoms with E-state index in [4.69, 9.17) is 0 Å². The summed E-state index contributed by atoms with van der Waals surface area (Å²) in [5.41, 5.74) is 2.41. The van der Waals surface area contributed by atoms with Gasteiger partial charge in [-0.25, -0.2) is 0 Å². The molecule has 2 N–H and O–H groups in total. The summed E-state index contributed by atoms with van der Waals surface area (Å²) in [7, 11) is 0. The topological polar surface area (TPSA) is 45.2 Å². The SMILES string of the molecule is Cc1ccncc1CNC1(CO)CCC(C)CC1. The Morgan fingerprint density at radius 2 is 2.17 bits per heavy atom. The minimum atomic E-state index is -0.0746. The number of nitrogens with one attached hydrogen (secondary N) is 1. The number of pyridine rings is 1. The maximum Gasteiger partial charge on any atom is 0.0613 e. The van der Waals surface area contributed by atoms with Crippen LogP contribution in [0.3, 0.4) is 0 Å². The monoisotopic (exact) mass is 248 g/mol. The Hall–Kier alpha value is -0.930. The van der Waals surface area contributed by atoms with Crippen molar-refractivity contribution in [3.05, 3.63) is 29.6 Å². The van der Waals surface area contributed by atoms with Gasteiger partial charge in [-0.2, -0.15) is 0 Å². The molecule has 1 aliphatic rings. The van der Waals surface area contributed by atoms with Gasteiger partial charge >= 0.3 is 0 Å². The first-order valence-electron chi connectivity index (χ1n) is 6.90. The van der Waals surface area contributed by atoms with E-state index in [1.807, 2.05) is 18.5 Å². The van der Waals surface area contributed by atoms with Crippen LogP contribution in [0.2, 0.25) is 0 Å². The molecule has 18 heavy (non-hydrogen) atoms. The summed E-state index contributed by atoms with van der Waals surface area (Å²) in [6.07, 6.45) is 8.30. The first-order valence-corrected chi connectivity index (χ1v) is 6.90. The molecule has 1 fully saturated rings. The van der Waals surface area contributed by atoms with Crippen molar-refractivity contribution >= 4 is 0 Å². The number of aromatic nitrogens is 1. The molecule has 3 nitrogen and oxygen atoms in total. The quantitative estimate of drug-likeness (QED) is 0.860. The molecule has 0 bridgehead atoms. The molecule has 1 aromatic heterocycles. The fourth-order valence-corrected chi connectivity index (χ4v) is 2.67. The molecule has 2 rings (SSSR count). The number of nitrogens with zero attached hydrogens (tertiary/aromatic N) is 1. The maximum atomic E-state index is 9.70. The van der Waals surface area contributed by atoms with E-state index in [1.54, 1.807) is 0 Å². The van der Waals surface area contributed by atoms with E-state index < -0.39 is 0 Å². The maximum absolute atomic E-state index is 9.70. The van der Waals surface area contributed by atoms with E-state index >= 15 is 0 Å². The third-order valence-corrected chi connectivity index (χ3v) is 4.34. The predicted molar refractivity (Wildman–Crippen MR) is 73.3 cm³/mol. The lowest BCUT2D eigenvalue weighted by atomic mass is 9.77. The lowest BCUT2D eigenvalue weighted by Gasteiger charge is -2.39. The van der Waals surface area contributed by atoms with Gasteiger partial charge in [0.2, 0.25) is 0 Å². The van der Waals surface area contributed by atoms with Crippen LogP contribution >= 0.6 is 0 Å². The highest BCUT2D eigenvalue weighted by molar-refractivity contribution is 5.21. The van der Waals surface area contributed by atoms with E-state index in [1.165, 1.54) is 24.0 Å². The molecular weight excluding hydrogens is 224 g/mol. The smallest absolute Gasteiger partial charge is 0.0613 e. The van der Waals surface area contributed by atoms with E-state index in [0.29, 0.717) is 0 Å². The van der Waals surface area contributed by atoms with E-state index in [0.717, 1.165) is 25.3 Å². The van der Waals surface area contributed by atoms with Crippen LogP contribution in [0.25, 0.3) is 0 Å². The van der Waals surface area contributed by atoms with Crippen LogP contribution in [0.1, 0.15) is 43.7 Å². The molecule has 0 aromatic carbocycles. The summed E-state index contributed by atoms with van der Waals surface area (Å²) in [6, 6.07) is 2.03. The average Bonchev–Trinajstić information content (AvgIpc) is 2.40. The lowest BCUT2D eigenvalue weighted by Crippen LogP contribution is -2.50. The van der Waals surface area contributed by atoms with Crippen molar-refractivity contribution in [1.82, 2.24) is 10.3 Å². The van der Waals surface area contributed by atoms with Crippen LogP contribution in [0, 0.1) is 12.8 Å². The van der Waals surface area contributed by atoms with Gasteiger partial charge in [0.25, 0.3) is 0 Å². The van der Waals surface area contributed by atoms with Crippen molar-refractivity contribution < 1.29 is 5.11 Å². The average molecular weight is 248 g/mol. The number of aliphatic hydroxyl groups excluding tert-OH is 1. The van der Waals surface area contributed by atoms with Gasteiger partial charge < -0.3 is 10.4 Å². The first kappa shape index (κ1) is 13.5. The highest BCUT2D eigenvalue weighted by Gasteiger charge is 2.32. The van der Waals surface area contributed by atoms with Crippen LogP contribution in [0.5, 0.6) is 0 Å². The van der Waals surface area contributed by atoms with Crippen LogP contribution in [-0.4, -0.2) is 22.2 Å². The van der Waals surface area contributed by atoms with Gasteiger partial charge in [0, 0.05) is 24.5 Å². The molecule has 1 aliphatic carbocycles. The predicted octanol–water partition coefficient (Wildman–Crippen LogP) is 2.42. The molecule has 0 spiro atoms.